The third kappa shape index (κ3) is 7.00. The molecule has 28 heavy (non-hydrogen) atoms. The van der Waals surface area contributed by atoms with Crippen molar-refractivity contribution in [3.8, 4) is 0 Å². The van der Waals surface area contributed by atoms with Crippen LogP contribution in [0.5, 0.6) is 0 Å². The minimum atomic E-state index is 0.542. The zero-order valence-electron chi connectivity index (χ0n) is 18.0. The second-order valence-corrected chi connectivity index (χ2v) is 7.56. The molecule has 0 amide bonds. The van der Waals surface area contributed by atoms with Crippen LogP contribution in [0.1, 0.15) is 39.1 Å². The molecule has 0 saturated heterocycles. The number of nitrogens with one attached hydrogen (secondary N) is 2. The molecule has 0 atom stereocenters. The summed E-state index contributed by atoms with van der Waals surface area (Å²) < 4.78 is 2.20. The van der Waals surface area contributed by atoms with E-state index in [9.17, 15) is 0 Å². The fourth-order valence-electron chi connectivity index (χ4n) is 3.42. The van der Waals surface area contributed by atoms with Gasteiger partial charge in [-0.3, -0.25) is 9.89 Å². The smallest absolute Gasteiger partial charge is 0.191 e. The Bertz CT molecular complexity index is 697. The van der Waals surface area contributed by atoms with Crippen LogP contribution in [-0.4, -0.2) is 59.2 Å². The van der Waals surface area contributed by atoms with Crippen molar-refractivity contribution in [2.24, 2.45) is 4.99 Å². The number of aliphatic imine (C=N–C) groups is 1. The molecule has 0 aliphatic carbocycles. The van der Waals surface area contributed by atoms with Gasteiger partial charge < -0.3 is 15.2 Å². The number of hydrogen-bond acceptors (Lipinski definition) is 3. The maximum absolute atomic E-state index is 4.52. The fraction of sp³-hybridized carbons (Fsp3) is 0.545. The summed E-state index contributed by atoms with van der Waals surface area (Å²) in [5, 5.41) is 6.81. The lowest BCUT2D eigenvalue weighted by Crippen LogP contribution is -2.45. The van der Waals surface area contributed by atoms with Crippen molar-refractivity contribution in [2.75, 3.05) is 26.7 Å². The van der Waals surface area contributed by atoms with Crippen LogP contribution in [0.4, 0.5) is 0 Å². The van der Waals surface area contributed by atoms with Gasteiger partial charge in [0, 0.05) is 64.1 Å². The highest BCUT2D eigenvalue weighted by atomic mass is 15.2. The minimum absolute atomic E-state index is 0.542. The van der Waals surface area contributed by atoms with Crippen LogP contribution in [0.15, 0.2) is 47.7 Å². The van der Waals surface area contributed by atoms with Gasteiger partial charge >= 0.3 is 0 Å². The van der Waals surface area contributed by atoms with Crippen LogP contribution >= 0.6 is 0 Å². The van der Waals surface area contributed by atoms with E-state index < -0.39 is 0 Å². The molecule has 154 valence electrons. The molecular weight excluding hydrogens is 348 g/mol. The van der Waals surface area contributed by atoms with E-state index in [0.717, 1.165) is 44.4 Å². The van der Waals surface area contributed by atoms with Crippen molar-refractivity contribution in [2.45, 2.75) is 52.7 Å². The van der Waals surface area contributed by atoms with E-state index in [1.54, 1.807) is 0 Å². The lowest BCUT2D eigenvalue weighted by atomic mass is 10.2. The Balaban J connectivity index is 1.77. The molecule has 1 aromatic carbocycles. The first-order valence-corrected chi connectivity index (χ1v) is 10.3. The minimum Gasteiger partial charge on any atom is -0.356 e. The number of rotatable bonds is 10. The van der Waals surface area contributed by atoms with Crippen molar-refractivity contribution in [1.29, 1.82) is 0 Å². The fourth-order valence-corrected chi connectivity index (χ4v) is 3.42. The Labute approximate surface area is 170 Å². The van der Waals surface area contributed by atoms with Crippen LogP contribution in [-0.2, 0) is 13.0 Å². The molecule has 0 bridgehead atoms. The Morgan fingerprint density at radius 3 is 2.39 bits per heavy atom. The Kier molecular flexibility index (Phi) is 9.01. The SMILES string of the molecule is CN=C(NCCc1nccn1Cc1ccccc1)NCCN(C(C)C)C(C)C. The van der Waals surface area contributed by atoms with Gasteiger partial charge in [-0.15, -0.1) is 0 Å². The molecule has 1 aromatic heterocycles. The van der Waals surface area contributed by atoms with Gasteiger partial charge in [-0.1, -0.05) is 30.3 Å². The summed E-state index contributed by atoms with van der Waals surface area (Å²) in [5.74, 6) is 1.92. The van der Waals surface area contributed by atoms with Crippen LogP contribution in [0.3, 0.4) is 0 Å². The first kappa shape index (κ1) is 22.0. The summed E-state index contributed by atoms with van der Waals surface area (Å²) in [6.45, 7) is 12.5. The molecule has 0 aliphatic rings. The average molecular weight is 385 g/mol. The molecular formula is C22H36N6. The van der Waals surface area contributed by atoms with Gasteiger partial charge in [0.1, 0.15) is 5.82 Å². The summed E-state index contributed by atoms with van der Waals surface area (Å²) in [6, 6.07) is 11.6. The second-order valence-electron chi connectivity index (χ2n) is 7.56. The predicted octanol–water partition coefficient (Wildman–Crippen LogP) is 2.76. The number of guanidine groups is 1. The third-order valence-electron chi connectivity index (χ3n) is 4.85. The number of nitrogens with zero attached hydrogens (tertiary/aromatic N) is 4. The molecule has 0 radical (unpaired) electrons. The van der Waals surface area contributed by atoms with E-state index in [2.05, 4.69) is 82.0 Å². The number of hydrogen-bond donors (Lipinski definition) is 2. The highest BCUT2D eigenvalue weighted by Crippen LogP contribution is 2.06. The van der Waals surface area contributed by atoms with E-state index in [-0.39, 0.29) is 0 Å². The molecule has 0 spiro atoms. The normalized spacial score (nSPS) is 12.2. The number of aromatic nitrogens is 2. The maximum Gasteiger partial charge on any atom is 0.191 e. The van der Waals surface area contributed by atoms with Crippen LogP contribution in [0.25, 0.3) is 0 Å². The van der Waals surface area contributed by atoms with Crippen LogP contribution in [0, 0.1) is 0 Å². The molecule has 6 nitrogen and oxygen atoms in total. The summed E-state index contributed by atoms with van der Waals surface area (Å²) in [6.07, 6.45) is 4.77. The van der Waals surface area contributed by atoms with Gasteiger partial charge in [0.2, 0.25) is 0 Å². The largest absolute Gasteiger partial charge is 0.356 e. The molecule has 6 heteroatoms. The van der Waals surface area contributed by atoms with Crippen molar-refractivity contribution < 1.29 is 0 Å². The highest BCUT2D eigenvalue weighted by molar-refractivity contribution is 5.79. The first-order chi connectivity index (χ1) is 13.5. The van der Waals surface area contributed by atoms with E-state index in [1.165, 1.54) is 5.56 Å². The van der Waals surface area contributed by atoms with Gasteiger partial charge in [0.05, 0.1) is 0 Å². The van der Waals surface area contributed by atoms with E-state index in [1.807, 2.05) is 25.5 Å². The van der Waals surface area contributed by atoms with Crippen molar-refractivity contribution >= 4 is 5.96 Å². The molecule has 0 saturated carbocycles. The lowest BCUT2D eigenvalue weighted by molar-refractivity contribution is 0.178. The molecule has 2 rings (SSSR count). The van der Waals surface area contributed by atoms with Crippen molar-refractivity contribution in [3.05, 3.63) is 54.1 Å². The quantitative estimate of drug-likeness (QED) is 0.488. The Morgan fingerprint density at radius 1 is 1.07 bits per heavy atom. The zero-order chi connectivity index (χ0) is 20.4. The summed E-state index contributed by atoms with van der Waals surface area (Å²) in [4.78, 5) is 11.3. The van der Waals surface area contributed by atoms with Gasteiger partial charge in [-0.2, -0.15) is 0 Å². The molecule has 0 fully saturated rings. The average Bonchev–Trinajstić information content (AvgIpc) is 3.10. The van der Waals surface area contributed by atoms with Gasteiger partial charge in [0.15, 0.2) is 5.96 Å². The van der Waals surface area contributed by atoms with Crippen molar-refractivity contribution in [1.82, 2.24) is 25.1 Å². The predicted molar refractivity (Wildman–Crippen MR) is 118 cm³/mol. The molecule has 1 heterocycles. The van der Waals surface area contributed by atoms with Crippen LogP contribution in [0.2, 0.25) is 0 Å². The second kappa shape index (κ2) is 11.5. The first-order valence-electron chi connectivity index (χ1n) is 10.3. The molecule has 2 N–H and O–H groups in total. The Hall–Kier alpha value is -2.34. The lowest BCUT2D eigenvalue weighted by Gasteiger charge is -2.30. The maximum atomic E-state index is 4.52. The van der Waals surface area contributed by atoms with E-state index in [0.29, 0.717) is 12.1 Å². The standard InChI is InChI=1S/C22H36N6/c1-18(2)28(19(3)4)16-14-26-22(23-5)25-12-11-21-24-13-15-27(21)17-20-9-7-6-8-10-20/h6-10,13,15,18-19H,11-12,14,16-17H2,1-5H3,(H2,23,25,26). The molecule has 2 aromatic rings. The number of imidazole rings is 1. The van der Waals surface area contributed by atoms with Crippen molar-refractivity contribution in [3.63, 3.8) is 0 Å². The summed E-state index contributed by atoms with van der Waals surface area (Å²) in [7, 11) is 1.81. The summed E-state index contributed by atoms with van der Waals surface area (Å²) in [5.41, 5.74) is 1.28. The molecule has 0 unspecified atom stereocenters. The number of benzene rings is 1. The third-order valence-corrected chi connectivity index (χ3v) is 4.85. The summed E-state index contributed by atoms with van der Waals surface area (Å²) >= 11 is 0. The molecule has 0 aliphatic heterocycles. The van der Waals surface area contributed by atoms with Gasteiger partial charge in [-0.05, 0) is 33.3 Å². The van der Waals surface area contributed by atoms with Gasteiger partial charge in [0.25, 0.3) is 0 Å². The Morgan fingerprint density at radius 2 is 1.75 bits per heavy atom. The topological polar surface area (TPSA) is 57.5 Å². The monoisotopic (exact) mass is 384 g/mol. The van der Waals surface area contributed by atoms with Crippen LogP contribution < -0.4 is 10.6 Å². The van der Waals surface area contributed by atoms with E-state index in [4.69, 9.17) is 0 Å². The van der Waals surface area contributed by atoms with E-state index >= 15 is 0 Å². The zero-order valence-corrected chi connectivity index (χ0v) is 18.0. The van der Waals surface area contributed by atoms with Gasteiger partial charge in [-0.25, -0.2) is 4.98 Å². The highest BCUT2D eigenvalue weighted by Gasteiger charge is 2.12.